The highest BCUT2D eigenvalue weighted by Crippen LogP contribution is 2.33. The van der Waals surface area contributed by atoms with Gasteiger partial charge in [0.25, 0.3) is 0 Å². The molecule has 0 bridgehead atoms. The van der Waals surface area contributed by atoms with E-state index in [1.165, 1.54) is 6.07 Å². The van der Waals surface area contributed by atoms with Crippen LogP contribution in [-0.2, 0) is 5.41 Å². The Bertz CT molecular complexity index is 409. The zero-order valence-electron chi connectivity index (χ0n) is 9.01. The van der Waals surface area contributed by atoms with Crippen molar-refractivity contribution < 1.29 is 4.39 Å². The Balaban J connectivity index is 3.32. The molecule has 0 N–H and O–H groups in total. The van der Waals surface area contributed by atoms with Crippen LogP contribution in [0.5, 0.6) is 0 Å². The maximum absolute atomic E-state index is 13.7. The maximum Gasteiger partial charge on any atom is 0.129 e. The van der Waals surface area contributed by atoms with Crippen molar-refractivity contribution in [3.63, 3.8) is 0 Å². The summed E-state index contributed by atoms with van der Waals surface area (Å²) >= 11 is 5.67. The van der Waals surface area contributed by atoms with Gasteiger partial charge in [-0.05, 0) is 25.0 Å². The summed E-state index contributed by atoms with van der Waals surface area (Å²) in [7, 11) is 0. The first-order valence-corrected chi connectivity index (χ1v) is 5.16. The van der Waals surface area contributed by atoms with Crippen LogP contribution in [0, 0.1) is 23.1 Å². The van der Waals surface area contributed by atoms with Crippen molar-refractivity contribution >= 4 is 11.6 Å². The first kappa shape index (κ1) is 12.0. The molecule has 0 aromatic heterocycles. The molecule has 0 aliphatic carbocycles. The molecule has 0 amide bonds. The highest BCUT2D eigenvalue weighted by molar-refractivity contribution is 6.30. The smallest absolute Gasteiger partial charge is 0.129 e. The largest absolute Gasteiger partial charge is 0.207 e. The van der Waals surface area contributed by atoms with Crippen LogP contribution in [0.1, 0.15) is 26.3 Å². The Hall–Kier alpha value is -1.07. The minimum absolute atomic E-state index is 0.0400. The molecule has 1 rings (SSSR count). The van der Waals surface area contributed by atoms with Gasteiger partial charge in [-0.3, -0.25) is 0 Å². The normalized spacial score (nSPS) is 14.7. The van der Waals surface area contributed by atoms with Crippen molar-refractivity contribution in [2.45, 2.75) is 26.2 Å². The van der Waals surface area contributed by atoms with Crippen LogP contribution in [-0.4, -0.2) is 0 Å². The lowest BCUT2D eigenvalue weighted by molar-refractivity contribution is 0.412. The van der Waals surface area contributed by atoms with E-state index in [0.29, 0.717) is 10.6 Å². The van der Waals surface area contributed by atoms with Gasteiger partial charge in [0.15, 0.2) is 0 Å². The predicted molar refractivity (Wildman–Crippen MR) is 59.2 cm³/mol. The molecule has 1 unspecified atom stereocenters. The second-order valence-corrected chi connectivity index (χ2v) is 4.53. The van der Waals surface area contributed by atoms with Gasteiger partial charge >= 0.3 is 0 Å². The molecule has 1 aromatic rings. The molecular formula is C12H13ClFN. The molecule has 3 heteroatoms. The number of benzene rings is 1. The standard InChI is InChI=1S/C12H13ClFN/c1-8(2)12(3,7-15)10-5-4-9(13)6-11(10)14/h4-6,8H,1-3H3. The van der Waals surface area contributed by atoms with Crippen molar-refractivity contribution in [1.29, 1.82) is 5.26 Å². The summed E-state index contributed by atoms with van der Waals surface area (Å²) in [6, 6.07) is 6.61. The lowest BCUT2D eigenvalue weighted by Gasteiger charge is -2.26. The Morgan fingerprint density at radius 3 is 2.47 bits per heavy atom. The van der Waals surface area contributed by atoms with Gasteiger partial charge < -0.3 is 0 Å². The molecular weight excluding hydrogens is 213 g/mol. The predicted octanol–water partition coefficient (Wildman–Crippen LogP) is 3.92. The molecule has 0 saturated heterocycles. The Kier molecular flexibility index (Phi) is 3.36. The van der Waals surface area contributed by atoms with E-state index in [-0.39, 0.29) is 5.92 Å². The van der Waals surface area contributed by atoms with E-state index in [0.717, 1.165) is 0 Å². The van der Waals surface area contributed by atoms with E-state index < -0.39 is 11.2 Å². The Labute approximate surface area is 94.5 Å². The fourth-order valence-corrected chi connectivity index (χ4v) is 1.57. The van der Waals surface area contributed by atoms with Crippen molar-refractivity contribution in [1.82, 2.24) is 0 Å². The van der Waals surface area contributed by atoms with Gasteiger partial charge in [-0.25, -0.2) is 4.39 Å². The van der Waals surface area contributed by atoms with Crippen LogP contribution in [0.25, 0.3) is 0 Å². The SMILES string of the molecule is CC(C)C(C)(C#N)c1ccc(Cl)cc1F. The fraction of sp³-hybridized carbons (Fsp3) is 0.417. The average molecular weight is 226 g/mol. The van der Waals surface area contributed by atoms with E-state index in [1.807, 2.05) is 13.8 Å². The Morgan fingerprint density at radius 1 is 1.47 bits per heavy atom. The molecule has 1 aromatic carbocycles. The number of nitrogens with zero attached hydrogens (tertiary/aromatic N) is 1. The average Bonchev–Trinajstić information content (AvgIpc) is 2.16. The van der Waals surface area contributed by atoms with E-state index in [9.17, 15) is 4.39 Å². The Morgan fingerprint density at radius 2 is 2.07 bits per heavy atom. The summed E-state index contributed by atoms with van der Waals surface area (Å²) in [4.78, 5) is 0. The summed E-state index contributed by atoms with van der Waals surface area (Å²) in [6.45, 7) is 5.54. The van der Waals surface area contributed by atoms with Crippen LogP contribution < -0.4 is 0 Å². The van der Waals surface area contributed by atoms with E-state index >= 15 is 0 Å². The summed E-state index contributed by atoms with van der Waals surface area (Å²) in [5, 5.41) is 9.50. The number of rotatable bonds is 2. The molecule has 0 fully saturated rings. The van der Waals surface area contributed by atoms with Crippen LogP contribution in [0.4, 0.5) is 4.39 Å². The molecule has 0 saturated carbocycles. The third kappa shape index (κ3) is 2.13. The molecule has 1 atom stereocenters. The summed E-state index contributed by atoms with van der Waals surface area (Å²) in [5.74, 6) is -0.376. The van der Waals surface area contributed by atoms with Crippen LogP contribution in [0.2, 0.25) is 5.02 Å². The third-order valence-electron chi connectivity index (χ3n) is 2.88. The number of nitriles is 1. The van der Waals surface area contributed by atoms with Crippen molar-refractivity contribution in [3.8, 4) is 6.07 Å². The number of halogens is 2. The third-order valence-corrected chi connectivity index (χ3v) is 3.11. The van der Waals surface area contributed by atoms with E-state index in [1.54, 1.807) is 19.1 Å². The molecule has 0 aliphatic heterocycles. The molecule has 0 heterocycles. The lowest BCUT2D eigenvalue weighted by Crippen LogP contribution is -2.27. The monoisotopic (exact) mass is 225 g/mol. The number of hydrogen-bond acceptors (Lipinski definition) is 1. The van der Waals surface area contributed by atoms with E-state index in [4.69, 9.17) is 16.9 Å². The first-order chi connectivity index (χ1) is 6.91. The molecule has 1 nitrogen and oxygen atoms in total. The van der Waals surface area contributed by atoms with Crippen molar-refractivity contribution in [2.75, 3.05) is 0 Å². The fourth-order valence-electron chi connectivity index (χ4n) is 1.41. The second-order valence-electron chi connectivity index (χ2n) is 4.09. The minimum Gasteiger partial charge on any atom is -0.207 e. The van der Waals surface area contributed by atoms with Gasteiger partial charge in [-0.1, -0.05) is 31.5 Å². The van der Waals surface area contributed by atoms with Crippen molar-refractivity contribution in [3.05, 3.63) is 34.6 Å². The van der Waals surface area contributed by atoms with Crippen LogP contribution in [0.3, 0.4) is 0 Å². The second kappa shape index (κ2) is 4.20. The molecule has 0 aliphatic rings. The van der Waals surface area contributed by atoms with Crippen molar-refractivity contribution in [2.24, 2.45) is 5.92 Å². The number of hydrogen-bond donors (Lipinski definition) is 0. The zero-order chi connectivity index (χ0) is 11.6. The van der Waals surface area contributed by atoms with Gasteiger partial charge in [0.2, 0.25) is 0 Å². The maximum atomic E-state index is 13.7. The minimum atomic E-state index is -0.811. The van der Waals surface area contributed by atoms with E-state index in [2.05, 4.69) is 6.07 Å². The topological polar surface area (TPSA) is 23.8 Å². The molecule has 0 spiro atoms. The lowest BCUT2D eigenvalue weighted by atomic mass is 9.74. The zero-order valence-corrected chi connectivity index (χ0v) is 9.77. The summed E-state index contributed by atoms with van der Waals surface area (Å²) in [6.07, 6.45) is 0. The van der Waals surface area contributed by atoms with Crippen LogP contribution in [0.15, 0.2) is 18.2 Å². The van der Waals surface area contributed by atoms with Gasteiger partial charge in [0.05, 0.1) is 11.5 Å². The molecule has 15 heavy (non-hydrogen) atoms. The molecule has 0 radical (unpaired) electrons. The highest BCUT2D eigenvalue weighted by Gasteiger charge is 2.33. The summed E-state index contributed by atoms with van der Waals surface area (Å²) in [5.41, 5.74) is -0.404. The van der Waals surface area contributed by atoms with Gasteiger partial charge in [-0.15, -0.1) is 0 Å². The van der Waals surface area contributed by atoms with Gasteiger partial charge in [-0.2, -0.15) is 5.26 Å². The van der Waals surface area contributed by atoms with Gasteiger partial charge in [0, 0.05) is 10.6 Å². The molecule has 80 valence electrons. The van der Waals surface area contributed by atoms with Gasteiger partial charge in [0.1, 0.15) is 5.82 Å². The highest BCUT2D eigenvalue weighted by atomic mass is 35.5. The quantitative estimate of drug-likeness (QED) is 0.749. The first-order valence-electron chi connectivity index (χ1n) is 4.78. The summed E-state index contributed by atoms with van der Waals surface area (Å²) < 4.78 is 13.7. The van der Waals surface area contributed by atoms with Crippen LogP contribution >= 0.6 is 11.6 Å².